The molecule has 1 amide bonds. The SMILES string of the molecule is CCNCCC(=O)NCCN(C)CCOC. The summed E-state index contributed by atoms with van der Waals surface area (Å²) in [6.07, 6.45) is 0.551. The van der Waals surface area contributed by atoms with E-state index in [1.165, 1.54) is 0 Å². The molecule has 0 aromatic carbocycles. The molecule has 96 valence electrons. The lowest BCUT2D eigenvalue weighted by Gasteiger charge is -2.16. The van der Waals surface area contributed by atoms with Crippen molar-refractivity contribution in [2.75, 3.05) is 53.5 Å². The Hall–Kier alpha value is -0.650. The molecular formula is C11H25N3O2. The summed E-state index contributed by atoms with van der Waals surface area (Å²) in [6.45, 7) is 6.87. The van der Waals surface area contributed by atoms with Crippen LogP contribution in [-0.4, -0.2) is 64.3 Å². The molecule has 0 saturated heterocycles. The lowest BCUT2D eigenvalue weighted by molar-refractivity contribution is -0.121. The number of likely N-dealkylation sites (N-methyl/N-ethyl adjacent to an activating group) is 1. The maximum atomic E-state index is 11.3. The summed E-state index contributed by atoms with van der Waals surface area (Å²) in [5, 5.41) is 6.01. The highest BCUT2D eigenvalue weighted by Crippen LogP contribution is 1.82. The fourth-order valence-corrected chi connectivity index (χ4v) is 1.21. The number of hydrogen-bond acceptors (Lipinski definition) is 4. The summed E-state index contributed by atoms with van der Waals surface area (Å²) in [6, 6.07) is 0. The molecular weight excluding hydrogens is 206 g/mol. The van der Waals surface area contributed by atoms with Crippen LogP contribution in [0.3, 0.4) is 0 Å². The average Bonchev–Trinajstić information content (AvgIpc) is 2.26. The molecule has 0 saturated carbocycles. The molecule has 0 aromatic heterocycles. The van der Waals surface area contributed by atoms with E-state index in [1.54, 1.807) is 7.11 Å². The largest absolute Gasteiger partial charge is 0.383 e. The van der Waals surface area contributed by atoms with Gasteiger partial charge in [0.25, 0.3) is 0 Å². The van der Waals surface area contributed by atoms with E-state index in [-0.39, 0.29) is 5.91 Å². The third kappa shape index (κ3) is 9.89. The van der Waals surface area contributed by atoms with Gasteiger partial charge in [-0.3, -0.25) is 4.79 Å². The second-order valence-electron chi connectivity index (χ2n) is 3.75. The average molecular weight is 231 g/mol. The summed E-state index contributed by atoms with van der Waals surface area (Å²) < 4.78 is 4.97. The van der Waals surface area contributed by atoms with Gasteiger partial charge < -0.3 is 20.3 Å². The number of rotatable bonds is 10. The van der Waals surface area contributed by atoms with E-state index in [4.69, 9.17) is 4.74 Å². The molecule has 0 unspecified atom stereocenters. The van der Waals surface area contributed by atoms with Gasteiger partial charge in [0.2, 0.25) is 5.91 Å². The maximum absolute atomic E-state index is 11.3. The van der Waals surface area contributed by atoms with Crippen LogP contribution >= 0.6 is 0 Å². The predicted octanol–water partition coefficient (Wildman–Crippen LogP) is -0.320. The van der Waals surface area contributed by atoms with Crippen LogP contribution in [0.1, 0.15) is 13.3 Å². The van der Waals surface area contributed by atoms with Gasteiger partial charge in [-0.1, -0.05) is 6.92 Å². The number of amides is 1. The Balaban J connectivity index is 3.32. The molecule has 0 atom stereocenters. The number of carbonyl (C=O) groups excluding carboxylic acids is 1. The highest BCUT2D eigenvalue weighted by molar-refractivity contribution is 5.76. The molecule has 0 spiro atoms. The molecule has 0 bridgehead atoms. The van der Waals surface area contributed by atoms with Crippen LogP contribution in [0.2, 0.25) is 0 Å². The summed E-state index contributed by atoms with van der Waals surface area (Å²) in [5.74, 6) is 0.112. The van der Waals surface area contributed by atoms with Crippen molar-refractivity contribution in [3.05, 3.63) is 0 Å². The first kappa shape index (κ1) is 15.3. The van der Waals surface area contributed by atoms with Gasteiger partial charge in [-0.05, 0) is 13.6 Å². The Labute approximate surface area is 98.5 Å². The second-order valence-corrected chi connectivity index (χ2v) is 3.75. The molecule has 0 rings (SSSR count). The highest BCUT2D eigenvalue weighted by Gasteiger charge is 2.01. The second kappa shape index (κ2) is 10.9. The summed E-state index contributed by atoms with van der Waals surface area (Å²) >= 11 is 0. The van der Waals surface area contributed by atoms with Gasteiger partial charge in [-0.25, -0.2) is 0 Å². The molecule has 0 aromatic rings. The Kier molecular flexibility index (Phi) is 10.4. The topological polar surface area (TPSA) is 53.6 Å². The van der Waals surface area contributed by atoms with Crippen LogP contribution in [0.4, 0.5) is 0 Å². The van der Waals surface area contributed by atoms with Gasteiger partial charge in [0, 0.05) is 39.7 Å². The lowest BCUT2D eigenvalue weighted by Crippen LogP contribution is -2.35. The number of carbonyl (C=O) groups is 1. The van der Waals surface area contributed by atoms with Crippen molar-refractivity contribution in [2.45, 2.75) is 13.3 Å². The fraction of sp³-hybridized carbons (Fsp3) is 0.909. The van der Waals surface area contributed by atoms with Gasteiger partial charge in [-0.15, -0.1) is 0 Å². The Morgan fingerprint density at radius 2 is 2.06 bits per heavy atom. The number of ether oxygens (including phenoxy) is 1. The summed E-state index contributed by atoms with van der Waals surface area (Å²) in [7, 11) is 3.71. The minimum atomic E-state index is 0.112. The van der Waals surface area contributed by atoms with Crippen molar-refractivity contribution < 1.29 is 9.53 Å². The highest BCUT2D eigenvalue weighted by atomic mass is 16.5. The zero-order valence-electron chi connectivity index (χ0n) is 10.7. The minimum Gasteiger partial charge on any atom is -0.383 e. The van der Waals surface area contributed by atoms with E-state index >= 15 is 0 Å². The smallest absolute Gasteiger partial charge is 0.221 e. The van der Waals surface area contributed by atoms with Crippen LogP contribution < -0.4 is 10.6 Å². The van der Waals surface area contributed by atoms with E-state index in [1.807, 2.05) is 14.0 Å². The van der Waals surface area contributed by atoms with Crippen LogP contribution in [0.15, 0.2) is 0 Å². The van der Waals surface area contributed by atoms with Gasteiger partial charge in [0.15, 0.2) is 0 Å². The van der Waals surface area contributed by atoms with E-state index in [0.717, 1.165) is 32.8 Å². The zero-order valence-corrected chi connectivity index (χ0v) is 10.7. The van der Waals surface area contributed by atoms with Crippen molar-refractivity contribution >= 4 is 5.91 Å². The number of nitrogens with zero attached hydrogens (tertiary/aromatic N) is 1. The quantitative estimate of drug-likeness (QED) is 0.506. The van der Waals surface area contributed by atoms with E-state index in [2.05, 4.69) is 15.5 Å². The molecule has 2 N–H and O–H groups in total. The van der Waals surface area contributed by atoms with Crippen LogP contribution in [0.5, 0.6) is 0 Å². The number of hydrogen-bond donors (Lipinski definition) is 2. The van der Waals surface area contributed by atoms with Crippen molar-refractivity contribution in [3.8, 4) is 0 Å². The van der Waals surface area contributed by atoms with Crippen molar-refractivity contribution in [3.63, 3.8) is 0 Å². The molecule has 5 heteroatoms. The van der Waals surface area contributed by atoms with Crippen molar-refractivity contribution in [2.24, 2.45) is 0 Å². The van der Waals surface area contributed by atoms with Gasteiger partial charge in [0.05, 0.1) is 6.61 Å². The molecule has 5 nitrogen and oxygen atoms in total. The lowest BCUT2D eigenvalue weighted by atomic mass is 10.4. The normalized spacial score (nSPS) is 10.8. The molecule has 0 aliphatic heterocycles. The van der Waals surface area contributed by atoms with Crippen molar-refractivity contribution in [1.29, 1.82) is 0 Å². The first-order valence-electron chi connectivity index (χ1n) is 5.85. The third-order valence-electron chi connectivity index (χ3n) is 2.27. The molecule has 0 aliphatic rings. The Morgan fingerprint density at radius 3 is 2.69 bits per heavy atom. The fourth-order valence-electron chi connectivity index (χ4n) is 1.21. The zero-order chi connectivity index (χ0) is 12.2. The van der Waals surface area contributed by atoms with Crippen molar-refractivity contribution in [1.82, 2.24) is 15.5 Å². The Bertz CT molecular complexity index is 177. The molecule has 0 heterocycles. The summed E-state index contributed by atoms with van der Waals surface area (Å²) in [4.78, 5) is 13.5. The predicted molar refractivity (Wildman–Crippen MR) is 65.5 cm³/mol. The summed E-state index contributed by atoms with van der Waals surface area (Å²) in [5.41, 5.74) is 0. The van der Waals surface area contributed by atoms with E-state index < -0.39 is 0 Å². The molecule has 0 aliphatic carbocycles. The van der Waals surface area contributed by atoms with Crippen LogP contribution in [0.25, 0.3) is 0 Å². The van der Waals surface area contributed by atoms with Gasteiger partial charge in [0.1, 0.15) is 0 Å². The number of methoxy groups -OCH3 is 1. The van der Waals surface area contributed by atoms with Gasteiger partial charge >= 0.3 is 0 Å². The first-order chi connectivity index (χ1) is 7.70. The van der Waals surface area contributed by atoms with Crippen LogP contribution in [0, 0.1) is 0 Å². The standard InChI is InChI=1S/C11H25N3O2/c1-4-12-6-5-11(15)13-7-8-14(2)9-10-16-3/h12H,4-10H2,1-3H3,(H,13,15). The van der Waals surface area contributed by atoms with Crippen LogP contribution in [-0.2, 0) is 9.53 Å². The third-order valence-corrected chi connectivity index (χ3v) is 2.27. The van der Waals surface area contributed by atoms with Gasteiger partial charge in [-0.2, -0.15) is 0 Å². The molecule has 0 radical (unpaired) electrons. The first-order valence-corrected chi connectivity index (χ1v) is 5.85. The Morgan fingerprint density at radius 1 is 1.31 bits per heavy atom. The number of nitrogens with one attached hydrogen (secondary N) is 2. The maximum Gasteiger partial charge on any atom is 0.221 e. The monoisotopic (exact) mass is 231 g/mol. The van der Waals surface area contributed by atoms with E-state index in [9.17, 15) is 4.79 Å². The minimum absolute atomic E-state index is 0.112. The molecule has 0 fully saturated rings. The van der Waals surface area contributed by atoms with E-state index in [0.29, 0.717) is 13.0 Å². The molecule has 16 heavy (non-hydrogen) atoms.